The number of aryl methyl sites for hydroxylation is 1. The fraction of sp³-hybridized carbons (Fsp3) is 0.650. The van der Waals surface area contributed by atoms with Crippen molar-refractivity contribution in [2.24, 2.45) is 0 Å². The molecule has 0 saturated carbocycles. The number of hydrogen-bond acceptors (Lipinski definition) is 3. The summed E-state index contributed by atoms with van der Waals surface area (Å²) in [7, 11) is 4.26. The predicted octanol–water partition coefficient (Wildman–Crippen LogP) is 2.54. The quantitative estimate of drug-likeness (QED) is 0.834. The molecule has 1 N–H and O–H groups in total. The van der Waals surface area contributed by atoms with Crippen molar-refractivity contribution in [1.29, 1.82) is 0 Å². The van der Waals surface area contributed by atoms with Crippen LogP contribution < -0.4 is 5.32 Å². The fourth-order valence-electron chi connectivity index (χ4n) is 3.37. The molecule has 0 radical (unpaired) electrons. The number of carbonyl (C=O) groups is 1. The summed E-state index contributed by atoms with van der Waals surface area (Å²) in [6, 6.07) is 11.1. The Labute approximate surface area is 147 Å². The van der Waals surface area contributed by atoms with Gasteiger partial charge in [0.25, 0.3) is 0 Å². The van der Waals surface area contributed by atoms with E-state index in [0.717, 1.165) is 38.8 Å². The Morgan fingerprint density at radius 2 is 1.88 bits per heavy atom. The van der Waals surface area contributed by atoms with Crippen LogP contribution in [0.15, 0.2) is 30.3 Å². The summed E-state index contributed by atoms with van der Waals surface area (Å²) < 4.78 is 0. The highest BCUT2D eigenvalue weighted by Crippen LogP contribution is 2.16. The predicted molar refractivity (Wildman–Crippen MR) is 100 cm³/mol. The molecular formula is C20H33N3O. The van der Waals surface area contributed by atoms with Crippen LogP contribution >= 0.6 is 0 Å². The van der Waals surface area contributed by atoms with Crippen molar-refractivity contribution >= 4 is 5.91 Å². The number of amides is 1. The van der Waals surface area contributed by atoms with Gasteiger partial charge in [0.1, 0.15) is 0 Å². The number of nitrogens with zero attached hydrogens (tertiary/aromatic N) is 2. The van der Waals surface area contributed by atoms with E-state index in [-0.39, 0.29) is 18.0 Å². The zero-order valence-electron chi connectivity index (χ0n) is 15.7. The van der Waals surface area contributed by atoms with Crippen LogP contribution in [0.3, 0.4) is 0 Å². The number of benzene rings is 1. The number of nitrogens with one attached hydrogen (secondary N) is 1. The number of hydrogen-bond donors (Lipinski definition) is 1. The monoisotopic (exact) mass is 331 g/mol. The molecule has 134 valence electrons. The largest absolute Gasteiger partial charge is 0.352 e. The van der Waals surface area contributed by atoms with E-state index in [0.29, 0.717) is 6.04 Å². The number of likely N-dealkylation sites (tertiary alicyclic amines) is 1. The molecule has 1 aromatic carbocycles. The first-order valence-electron chi connectivity index (χ1n) is 9.22. The molecule has 1 fully saturated rings. The standard InChI is InChI=1S/C20H33N3O/c1-16(10-11-18-8-6-5-7-9-18)21-20(24)17(2)23(4)19-12-14-22(3)15-13-19/h5-9,16-17,19H,10-15H2,1-4H3,(H,21,24)/t16-,17+/m1/s1. The zero-order valence-corrected chi connectivity index (χ0v) is 15.7. The van der Waals surface area contributed by atoms with Gasteiger partial charge in [-0.1, -0.05) is 30.3 Å². The molecule has 2 atom stereocenters. The van der Waals surface area contributed by atoms with E-state index in [1.54, 1.807) is 0 Å². The lowest BCUT2D eigenvalue weighted by Crippen LogP contribution is -2.52. The molecule has 0 bridgehead atoms. The molecule has 1 heterocycles. The normalized spacial score (nSPS) is 19.2. The molecular weight excluding hydrogens is 298 g/mol. The smallest absolute Gasteiger partial charge is 0.237 e. The summed E-state index contributed by atoms with van der Waals surface area (Å²) in [5.74, 6) is 0.150. The lowest BCUT2D eigenvalue weighted by Gasteiger charge is -2.38. The van der Waals surface area contributed by atoms with Crippen LogP contribution in [0.1, 0.15) is 38.7 Å². The molecule has 0 aliphatic carbocycles. The molecule has 24 heavy (non-hydrogen) atoms. The molecule has 2 rings (SSSR count). The van der Waals surface area contributed by atoms with Crippen molar-refractivity contribution in [3.8, 4) is 0 Å². The van der Waals surface area contributed by atoms with Crippen molar-refractivity contribution in [1.82, 2.24) is 15.1 Å². The first-order valence-corrected chi connectivity index (χ1v) is 9.22. The number of carbonyl (C=O) groups excluding carboxylic acids is 1. The van der Waals surface area contributed by atoms with Crippen molar-refractivity contribution in [3.63, 3.8) is 0 Å². The van der Waals surface area contributed by atoms with Crippen LogP contribution in [0, 0.1) is 0 Å². The van der Waals surface area contributed by atoms with Gasteiger partial charge in [-0.2, -0.15) is 0 Å². The lowest BCUT2D eigenvalue weighted by atomic mass is 10.0. The van der Waals surface area contributed by atoms with Gasteiger partial charge in [0.05, 0.1) is 6.04 Å². The Bertz CT molecular complexity index is 497. The van der Waals surface area contributed by atoms with Crippen LogP contribution in [-0.4, -0.2) is 61.0 Å². The van der Waals surface area contributed by atoms with Gasteiger partial charge < -0.3 is 10.2 Å². The van der Waals surface area contributed by atoms with Gasteiger partial charge in [-0.05, 0) is 72.3 Å². The summed E-state index contributed by atoms with van der Waals surface area (Å²) in [5, 5.41) is 3.19. The van der Waals surface area contributed by atoms with E-state index >= 15 is 0 Å². The third-order valence-corrected chi connectivity index (χ3v) is 5.35. The highest BCUT2D eigenvalue weighted by atomic mass is 16.2. The van der Waals surface area contributed by atoms with Crippen molar-refractivity contribution in [2.75, 3.05) is 27.2 Å². The minimum Gasteiger partial charge on any atom is -0.352 e. The molecule has 1 saturated heterocycles. The summed E-state index contributed by atoms with van der Waals surface area (Å²) >= 11 is 0. The second kappa shape index (κ2) is 9.19. The molecule has 0 aromatic heterocycles. The van der Waals surface area contributed by atoms with Crippen molar-refractivity contribution < 1.29 is 4.79 Å². The van der Waals surface area contributed by atoms with E-state index in [1.165, 1.54) is 5.56 Å². The Morgan fingerprint density at radius 3 is 2.50 bits per heavy atom. The maximum atomic E-state index is 12.6. The average molecular weight is 332 g/mol. The Kier molecular flexibility index (Phi) is 7.25. The molecule has 1 aliphatic heterocycles. The van der Waals surface area contributed by atoms with Crippen LogP contribution in [-0.2, 0) is 11.2 Å². The van der Waals surface area contributed by atoms with E-state index in [9.17, 15) is 4.79 Å². The molecule has 1 amide bonds. The maximum absolute atomic E-state index is 12.6. The maximum Gasteiger partial charge on any atom is 0.237 e. The second-order valence-corrected chi connectivity index (χ2v) is 7.31. The first kappa shape index (κ1) is 18.9. The first-order chi connectivity index (χ1) is 11.5. The van der Waals surface area contributed by atoms with Gasteiger partial charge in [0.2, 0.25) is 5.91 Å². The van der Waals surface area contributed by atoms with E-state index in [2.05, 4.69) is 60.4 Å². The SMILES string of the molecule is C[C@H](CCc1ccccc1)NC(=O)[C@H](C)N(C)C1CCN(C)CC1. The topological polar surface area (TPSA) is 35.6 Å². The van der Waals surface area contributed by atoms with Gasteiger partial charge in [0.15, 0.2) is 0 Å². The van der Waals surface area contributed by atoms with Gasteiger partial charge in [-0.3, -0.25) is 9.69 Å². The summed E-state index contributed by atoms with van der Waals surface area (Å²) in [6.07, 6.45) is 4.27. The zero-order chi connectivity index (χ0) is 17.5. The summed E-state index contributed by atoms with van der Waals surface area (Å²) in [6.45, 7) is 6.37. The van der Waals surface area contributed by atoms with E-state index < -0.39 is 0 Å². The second-order valence-electron chi connectivity index (χ2n) is 7.31. The highest BCUT2D eigenvalue weighted by Gasteiger charge is 2.27. The molecule has 1 aliphatic rings. The lowest BCUT2D eigenvalue weighted by molar-refractivity contribution is -0.127. The average Bonchev–Trinajstić information content (AvgIpc) is 2.60. The Hall–Kier alpha value is -1.39. The minimum atomic E-state index is -0.0717. The van der Waals surface area contributed by atoms with Gasteiger partial charge in [-0.25, -0.2) is 0 Å². The minimum absolute atomic E-state index is 0.0717. The van der Waals surface area contributed by atoms with E-state index in [1.807, 2.05) is 13.0 Å². The third kappa shape index (κ3) is 5.60. The molecule has 0 unspecified atom stereocenters. The molecule has 4 nitrogen and oxygen atoms in total. The van der Waals surface area contributed by atoms with Crippen molar-refractivity contribution in [2.45, 2.75) is 57.7 Å². The molecule has 4 heteroatoms. The van der Waals surface area contributed by atoms with Crippen LogP contribution in [0.2, 0.25) is 0 Å². The molecule has 0 spiro atoms. The third-order valence-electron chi connectivity index (χ3n) is 5.35. The highest BCUT2D eigenvalue weighted by molar-refractivity contribution is 5.81. The van der Waals surface area contributed by atoms with Crippen molar-refractivity contribution in [3.05, 3.63) is 35.9 Å². The van der Waals surface area contributed by atoms with Crippen LogP contribution in [0.5, 0.6) is 0 Å². The Morgan fingerprint density at radius 1 is 1.25 bits per heavy atom. The fourth-order valence-corrected chi connectivity index (χ4v) is 3.37. The Balaban J connectivity index is 1.75. The number of likely N-dealkylation sites (N-methyl/N-ethyl adjacent to an activating group) is 1. The summed E-state index contributed by atoms with van der Waals surface area (Å²) in [5.41, 5.74) is 1.33. The van der Waals surface area contributed by atoms with Gasteiger partial charge in [0, 0.05) is 12.1 Å². The van der Waals surface area contributed by atoms with Crippen LogP contribution in [0.4, 0.5) is 0 Å². The van der Waals surface area contributed by atoms with Crippen LogP contribution in [0.25, 0.3) is 0 Å². The van der Waals surface area contributed by atoms with Gasteiger partial charge >= 0.3 is 0 Å². The number of rotatable bonds is 7. The van der Waals surface area contributed by atoms with E-state index in [4.69, 9.17) is 0 Å². The van der Waals surface area contributed by atoms with Gasteiger partial charge in [-0.15, -0.1) is 0 Å². The summed E-state index contributed by atoms with van der Waals surface area (Å²) in [4.78, 5) is 17.2. The molecule has 1 aromatic rings. The number of piperidine rings is 1.